The summed E-state index contributed by atoms with van der Waals surface area (Å²) in [5, 5.41) is 8.89. The van der Waals surface area contributed by atoms with E-state index in [-0.39, 0.29) is 6.73 Å². The molecule has 0 aliphatic carbocycles. The van der Waals surface area contributed by atoms with Gasteiger partial charge < -0.3 is 10.0 Å². The lowest BCUT2D eigenvalue weighted by Crippen LogP contribution is -2.19. The molecule has 1 N–H and O–H groups in total. The van der Waals surface area contributed by atoms with E-state index in [2.05, 4.69) is 13.5 Å². The summed E-state index contributed by atoms with van der Waals surface area (Å²) in [6.07, 6.45) is 3.57. The summed E-state index contributed by atoms with van der Waals surface area (Å²) >= 11 is 0. The van der Waals surface area contributed by atoms with E-state index < -0.39 is 0 Å². The quantitative estimate of drug-likeness (QED) is 0.668. The van der Waals surface area contributed by atoms with Crippen molar-refractivity contribution in [3.05, 3.63) is 12.3 Å². The maximum Gasteiger partial charge on any atom is 0.115 e. The Bertz CT molecular complexity index is 144. The Kier molecular flexibility index (Phi) is 2.94. The minimum Gasteiger partial charge on any atom is -0.376 e. The maximum atomic E-state index is 8.89. The fraction of sp³-hybridized carbons (Fsp3) is 0.778. The van der Waals surface area contributed by atoms with E-state index in [1.807, 2.05) is 4.90 Å². The molecule has 0 aromatic carbocycles. The van der Waals surface area contributed by atoms with Gasteiger partial charge in [-0.25, -0.2) is 0 Å². The van der Waals surface area contributed by atoms with Crippen LogP contribution in [-0.2, 0) is 0 Å². The van der Waals surface area contributed by atoms with Crippen molar-refractivity contribution in [3.8, 4) is 0 Å². The van der Waals surface area contributed by atoms with Crippen LogP contribution in [0.5, 0.6) is 0 Å². The first-order valence-electron chi connectivity index (χ1n) is 4.31. The van der Waals surface area contributed by atoms with Crippen molar-refractivity contribution in [3.63, 3.8) is 0 Å². The molecular formula is C9H17NO. The van der Waals surface area contributed by atoms with Crippen LogP contribution in [0.4, 0.5) is 0 Å². The molecule has 11 heavy (non-hydrogen) atoms. The number of rotatable bonds is 3. The highest BCUT2D eigenvalue weighted by molar-refractivity contribution is 5.01. The molecule has 1 heterocycles. The van der Waals surface area contributed by atoms with E-state index in [9.17, 15) is 0 Å². The van der Waals surface area contributed by atoms with Gasteiger partial charge in [0.15, 0.2) is 0 Å². The van der Waals surface area contributed by atoms with Gasteiger partial charge in [-0.05, 0) is 18.8 Å². The average Bonchev–Trinajstić information content (AvgIpc) is 2.32. The van der Waals surface area contributed by atoms with E-state index in [1.165, 1.54) is 12.8 Å². The second kappa shape index (κ2) is 3.77. The first-order valence-corrected chi connectivity index (χ1v) is 4.31. The summed E-state index contributed by atoms with van der Waals surface area (Å²) in [5.41, 5.74) is 1.10. The van der Waals surface area contributed by atoms with Crippen molar-refractivity contribution in [2.75, 3.05) is 13.3 Å². The summed E-state index contributed by atoms with van der Waals surface area (Å²) < 4.78 is 0. The number of allylic oxidation sites excluding steroid dienone is 1. The van der Waals surface area contributed by atoms with Crippen molar-refractivity contribution in [2.45, 2.75) is 26.2 Å². The lowest BCUT2D eigenvalue weighted by Gasteiger charge is -2.15. The van der Waals surface area contributed by atoms with Gasteiger partial charge in [0, 0.05) is 12.2 Å². The summed E-state index contributed by atoms with van der Waals surface area (Å²) in [7, 11) is 0. The smallest absolute Gasteiger partial charge is 0.115 e. The zero-order chi connectivity index (χ0) is 8.27. The van der Waals surface area contributed by atoms with E-state index in [0.717, 1.165) is 24.6 Å². The third-order valence-corrected chi connectivity index (χ3v) is 2.32. The Balaban J connectivity index is 2.36. The SMILES string of the molecule is C=C1CC(CCC)CN1CO. The van der Waals surface area contributed by atoms with Crippen LogP contribution in [-0.4, -0.2) is 23.3 Å². The fourth-order valence-electron chi connectivity index (χ4n) is 1.73. The molecule has 1 aliphatic rings. The van der Waals surface area contributed by atoms with Crippen LogP contribution in [0.25, 0.3) is 0 Å². The van der Waals surface area contributed by atoms with Gasteiger partial charge in [0.05, 0.1) is 0 Å². The van der Waals surface area contributed by atoms with Gasteiger partial charge in [-0.2, -0.15) is 0 Å². The normalized spacial score (nSPS) is 24.7. The standard InChI is InChI=1S/C9H17NO/c1-3-4-9-5-8(2)10(6-9)7-11/h9,11H,2-7H2,1H3. The molecule has 0 amide bonds. The van der Waals surface area contributed by atoms with Gasteiger partial charge >= 0.3 is 0 Å². The molecule has 0 saturated carbocycles. The van der Waals surface area contributed by atoms with Crippen molar-refractivity contribution in [1.82, 2.24) is 4.90 Å². The highest BCUT2D eigenvalue weighted by Gasteiger charge is 2.23. The molecule has 0 aromatic rings. The Labute approximate surface area is 68.5 Å². The summed E-state index contributed by atoms with van der Waals surface area (Å²) in [5.74, 6) is 0.736. The molecule has 64 valence electrons. The number of hydrogen-bond acceptors (Lipinski definition) is 2. The summed E-state index contributed by atoms with van der Waals surface area (Å²) in [6, 6.07) is 0. The summed E-state index contributed by atoms with van der Waals surface area (Å²) in [4.78, 5) is 1.96. The van der Waals surface area contributed by atoms with Crippen LogP contribution in [0.1, 0.15) is 26.2 Å². The zero-order valence-corrected chi connectivity index (χ0v) is 7.21. The van der Waals surface area contributed by atoms with Crippen molar-refractivity contribution >= 4 is 0 Å². The van der Waals surface area contributed by atoms with Gasteiger partial charge in [0.1, 0.15) is 6.73 Å². The van der Waals surface area contributed by atoms with Crippen molar-refractivity contribution < 1.29 is 5.11 Å². The van der Waals surface area contributed by atoms with Crippen LogP contribution in [0.2, 0.25) is 0 Å². The molecule has 0 aromatic heterocycles. The maximum absolute atomic E-state index is 8.89. The van der Waals surface area contributed by atoms with Crippen LogP contribution in [0, 0.1) is 5.92 Å². The molecule has 1 saturated heterocycles. The molecular weight excluding hydrogens is 138 g/mol. The molecule has 1 rings (SSSR count). The number of aliphatic hydroxyl groups is 1. The van der Waals surface area contributed by atoms with Crippen LogP contribution >= 0.6 is 0 Å². The number of hydrogen-bond donors (Lipinski definition) is 1. The Morgan fingerprint density at radius 2 is 2.45 bits per heavy atom. The molecule has 2 heteroatoms. The Morgan fingerprint density at radius 1 is 1.73 bits per heavy atom. The molecule has 0 radical (unpaired) electrons. The molecule has 0 bridgehead atoms. The fourth-order valence-corrected chi connectivity index (χ4v) is 1.73. The number of nitrogens with zero attached hydrogens (tertiary/aromatic N) is 1. The topological polar surface area (TPSA) is 23.5 Å². The van der Waals surface area contributed by atoms with Gasteiger partial charge in [-0.1, -0.05) is 19.9 Å². The predicted octanol–water partition coefficient (Wildman–Crippen LogP) is 1.57. The second-order valence-electron chi connectivity index (χ2n) is 3.29. The minimum atomic E-state index is 0.138. The van der Waals surface area contributed by atoms with Gasteiger partial charge in [-0.3, -0.25) is 0 Å². The van der Waals surface area contributed by atoms with E-state index in [1.54, 1.807) is 0 Å². The van der Waals surface area contributed by atoms with Gasteiger partial charge in [-0.15, -0.1) is 0 Å². The highest BCUT2D eigenvalue weighted by atomic mass is 16.3. The average molecular weight is 155 g/mol. The number of likely N-dealkylation sites (tertiary alicyclic amines) is 1. The molecule has 2 nitrogen and oxygen atoms in total. The third kappa shape index (κ3) is 1.96. The lowest BCUT2D eigenvalue weighted by molar-refractivity contribution is 0.148. The van der Waals surface area contributed by atoms with E-state index in [4.69, 9.17) is 5.11 Å². The molecule has 0 spiro atoms. The van der Waals surface area contributed by atoms with Crippen molar-refractivity contribution in [1.29, 1.82) is 0 Å². The van der Waals surface area contributed by atoms with Crippen LogP contribution in [0.15, 0.2) is 12.3 Å². The highest BCUT2D eigenvalue weighted by Crippen LogP contribution is 2.27. The minimum absolute atomic E-state index is 0.138. The molecule has 1 fully saturated rings. The third-order valence-electron chi connectivity index (χ3n) is 2.32. The Hall–Kier alpha value is -0.500. The van der Waals surface area contributed by atoms with Gasteiger partial charge in [0.25, 0.3) is 0 Å². The monoisotopic (exact) mass is 155 g/mol. The van der Waals surface area contributed by atoms with Gasteiger partial charge in [0.2, 0.25) is 0 Å². The van der Waals surface area contributed by atoms with Crippen LogP contribution < -0.4 is 0 Å². The van der Waals surface area contributed by atoms with Crippen LogP contribution in [0.3, 0.4) is 0 Å². The van der Waals surface area contributed by atoms with E-state index in [0.29, 0.717) is 0 Å². The first-order chi connectivity index (χ1) is 5.27. The van der Waals surface area contributed by atoms with E-state index >= 15 is 0 Å². The van der Waals surface area contributed by atoms with Crippen molar-refractivity contribution in [2.24, 2.45) is 5.92 Å². The predicted molar refractivity (Wildman–Crippen MR) is 45.9 cm³/mol. The first kappa shape index (κ1) is 8.60. The molecule has 1 unspecified atom stereocenters. The molecule has 1 aliphatic heterocycles. The second-order valence-corrected chi connectivity index (χ2v) is 3.29. The largest absolute Gasteiger partial charge is 0.376 e. The lowest BCUT2D eigenvalue weighted by atomic mass is 10.0. The molecule has 1 atom stereocenters. The Morgan fingerprint density at radius 3 is 2.91 bits per heavy atom. The summed E-state index contributed by atoms with van der Waals surface area (Å²) in [6.45, 7) is 7.24. The number of aliphatic hydroxyl groups excluding tert-OH is 1. The zero-order valence-electron chi connectivity index (χ0n) is 7.21.